The highest BCUT2D eigenvalue weighted by Gasteiger charge is 2.17. The largest absolute Gasteiger partial charge is 0.452 e. The molecule has 3 aromatic carbocycles. The first-order chi connectivity index (χ1) is 15.4. The van der Waals surface area contributed by atoms with Gasteiger partial charge in [0.25, 0.3) is 5.91 Å². The van der Waals surface area contributed by atoms with Gasteiger partial charge >= 0.3 is 5.97 Å². The number of anilines is 1. The topological polar surface area (TPSA) is 68.3 Å². The van der Waals surface area contributed by atoms with Crippen LogP contribution in [0.1, 0.15) is 21.5 Å². The average molecular weight is 428 g/mol. The molecule has 6 heteroatoms. The van der Waals surface area contributed by atoms with E-state index in [4.69, 9.17) is 4.74 Å². The van der Waals surface area contributed by atoms with Crippen molar-refractivity contribution in [2.24, 2.45) is 0 Å². The van der Waals surface area contributed by atoms with Crippen molar-refractivity contribution >= 4 is 28.5 Å². The monoisotopic (exact) mass is 428 g/mol. The molecule has 1 heterocycles. The molecule has 5 nitrogen and oxygen atoms in total. The SMILES string of the molecule is Cc1cc(C)cc(NC(=O)COC(=O)c2cc(-c3ccc(F)cc3)nc3ccccc23)c1. The summed E-state index contributed by atoms with van der Waals surface area (Å²) in [5, 5.41) is 3.36. The number of nitrogens with one attached hydrogen (secondary N) is 1. The van der Waals surface area contributed by atoms with Crippen LogP contribution in [0, 0.1) is 19.7 Å². The van der Waals surface area contributed by atoms with Crippen LogP contribution < -0.4 is 5.32 Å². The lowest BCUT2D eigenvalue weighted by molar-refractivity contribution is -0.119. The number of aromatic nitrogens is 1. The predicted octanol–water partition coefficient (Wildman–Crippen LogP) is 5.45. The molecule has 1 aromatic heterocycles. The van der Waals surface area contributed by atoms with Gasteiger partial charge in [-0.2, -0.15) is 0 Å². The van der Waals surface area contributed by atoms with Crippen molar-refractivity contribution in [3.05, 3.63) is 95.3 Å². The summed E-state index contributed by atoms with van der Waals surface area (Å²) >= 11 is 0. The highest BCUT2D eigenvalue weighted by atomic mass is 19.1. The van der Waals surface area contributed by atoms with Crippen LogP contribution in [0.15, 0.2) is 72.8 Å². The van der Waals surface area contributed by atoms with Crippen molar-refractivity contribution in [1.29, 1.82) is 0 Å². The number of rotatable bonds is 5. The Morgan fingerprint density at radius 1 is 0.938 bits per heavy atom. The van der Waals surface area contributed by atoms with Gasteiger partial charge in [0.05, 0.1) is 16.8 Å². The summed E-state index contributed by atoms with van der Waals surface area (Å²) in [4.78, 5) is 29.8. The van der Waals surface area contributed by atoms with Crippen LogP contribution in [0.25, 0.3) is 22.2 Å². The maximum absolute atomic E-state index is 13.3. The first kappa shape index (κ1) is 21.2. The summed E-state index contributed by atoms with van der Waals surface area (Å²) in [6, 6.07) is 20.3. The van der Waals surface area contributed by atoms with E-state index in [1.165, 1.54) is 12.1 Å². The Balaban J connectivity index is 1.56. The maximum atomic E-state index is 13.3. The molecule has 4 rings (SSSR count). The lowest BCUT2D eigenvalue weighted by atomic mass is 10.0. The molecule has 0 saturated carbocycles. The molecular weight excluding hydrogens is 407 g/mol. The van der Waals surface area contributed by atoms with Gasteiger partial charge in [0.2, 0.25) is 0 Å². The van der Waals surface area contributed by atoms with Crippen LogP contribution in [0.4, 0.5) is 10.1 Å². The lowest BCUT2D eigenvalue weighted by Gasteiger charge is -2.11. The maximum Gasteiger partial charge on any atom is 0.339 e. The number of para-hydroxylation sites is 1. The molecule has 4 aromatic rings. The second-order valence-corrected chi connectivity index (χ2v) is 7.58. The molecule has 160 valence electrons. The summed E-state index contributed by atoms with van der Waals surface area (Å²) in [5.74, 6) is -1.42. The Labute approximate surface area is 184 Å². The molecule has 0 aliphatic heterocycles. The Morgan fingerprint density at radius 3 is 2.34 bits per heavy atom. The van der Waals surface area contributed by atoms with Crippen molar-refractivity contribution < 1.29 is 18.7 Å². The standard InChI is InChI=1S/C26H21FN2O3/c1-16-11-17(2)13-20(12-16)28-25(30)15-32-26(31)22-14-24(18-7-9-19(27)10-8-18)29-23-6-4-3-5-21(22)23/h3-14H,15H2,1-2H3,(H,28,30). The minimum absolute atomic E-state index is 0.286. The summed E-state index contributed by atoms with van der Waals surface area (Å²) in [7, 11) is 0. The second kappa shape index (κ2) is 8.98. The van der Waals surface area contributed by atoms with Gasteiger partial charge in [-0.05, 0) is 73.5 Å². The van der Waals surface area contributed by atoms with Gasteiger partial charge in [-0.25, -0.2) is 14.2 Å². The van der Waals surface area contributed by atoms with E-state index in [2.05, 4.69) is 10.3 Å². The fourth-order valence-corrected chi connectivity index (χ4v) is 3.57. The number of ether oxygens (including phenoxy) is 1. The van der Waals surface area contributed by atoms with E-state index in [9.17, 15) is 14.0 Å². The van der Waals surface area contributed by atoms with E-state index in [1.54, 1.807) is 36.4 Å². The van der Waals surface area contributed by atoms with Crippen molar-refractivity contribution in [2.45, 2.75) is 13.8 Å². The normalized spacial score (nSPS) is 10.7. The highest BCUT2D eigenvalue weighted by molar-refractivity contribution is 6.05. The zero-order valence-electron chi connectivity index (χ0n) is 17.7. The highest BCUT2D eigenvalue weighted by Crippen LogP contribution is 2.25. The minimum atomic E-state index is -0.637. The third-order valence-electron chi connectivity index (χ3n) is 4.92. The van der Waals surface area contributed by atoms with E-state index >= 15 is 0 Å². The van der Waals surface area contributed by atoms with Crippen LogP contribution in [0.5, 0.6) is 0 Å². The minimum Gasteiger partial charge on any atom is -0.452 e. The Kier molecular flexibility index (Phi) is 5.94. The number of nitrogens with zero attached hydrogens (tertiary/aromatic N) is 1. The molecule has 32 heavy (non-hydrogen) atoms. The number of carbonyl (C=O) groups excluding carboxylic acids is 2. The van der Waals surface area contributed by atoms with Crippen LogP contribution in [0.2, 0.25) is 0 Å². The van der Waals surface area contributed by atoms with Gasteiger partial charge in [0.1, 0.15) is 5.82 Å². The van der Waals surface area contributed by atoms with Crippen LogP contribution in [0.3, 0.4) is 0 Å². The molecule has 0 spiro atoms. The van der Waals surface area contributed by atoms with Crippen molar-refractivity contribution in [3.63, 3.8) is 0 Å². The third kappa shape index (κ3) is 4.81. The van der Waals surface area contributed by atoms with E-state index < -0.39 is 18.5 Å². The number of hydrogen-bond acceptors (Lipinski definition) is 4. The van der Waals surface area contributed by atoms with Gasteiger partial charge in [-0.15, -0.1) is 0 Å². The number of pyridine rings is 1. The number of hydrogen-bond donors (Lipinski definition) is 1. The fraction of sp³-hybridized carbons (Fsp3) is 0.115. The first-order valence-electron chi connectivity index (χ1n) is 10.1. The molecule has 0 aliphatic rings. The van der Waals surface area contributed by atoms with Gasteiger partial charge < -0.3 is 10.1 Å². The van der Waals surface area contributed by atoms with E-state index in [1.807, 2.05) is 38.1 Å². The predicted molar refractivity (Wildman–Crippen MR) is 122 cm³/mol. The molecule has 0 unspecified atom stereocenters. The van der Waals surface area contributed by atoms with Crippen molar-refractivity contribution in [3.8, 4) is 11.3 Å². The number of aryl methyl sites for hydroxylation is 2. The fourth-order valence-electron chi connectivity index (χ4n) is 3.57. The van der Waals surface area contributed by atoms with Gasteiger partial charge in [0.15, 0.2) is 6.61 Å². The second-order valence-electron chi connectivity index (χ2n) is 7.58. The number of carbonyl (C=O) groups is 2. The Morgan fingerprint density at radius 2 is 1.62 bits per heavy atom. The van der Waals surface area contributed by atoms with E-state index in [0.29, 0.717) is 27.8 Å². The molecular formula is C26H21FN2O3. The van der Waals surface area contributed by atoms with E-state index in [-0.39, 0.29) is 11.4 Å². The van der Waals surface area contributed by atoms with Gasteiger partial charge in [-0.3, -0.25) is 4.79 Å². The Hall–Kier alpha value is -4.06. The zero-order chi connectivity index (χ0) is 22.7. The van der Waals surface area contributed by atoms with Crippen LogP contribution in [-0.4, -0.2) is 23.5 Å². The lowest BCUT2D eigenvalue weighted by Crippen LogP contribution is -2.21. The molecule has 0 saturated heterocycles. The Bertz CT molecular complexity index is 1300. The molecule has 0 atom stereocenters. The summed E-state index contributed by atoms with van der Waals surface area (Å²) < 4.78 is 18.6. The molecule has 0 fully saturated rings. The number of halogens is 1. The zero-order valence-corrected chi connectivity index (χ0v) is 17.7. The van der Waals surface area contributed by atoms with Crippen LogP contribution in [-0.2, 0) is 9.53 Å². The number of esters is 1. The molecule has 1 amide bonds. The van der Waals surface area contributed by atoms with Crippen molar-refractivity contribution in [2.75, 3.05) is 11.9 Å². The van der Waals surface area contributed by atoms with Gasteiger partial charge in [0, 0.05) is 16.6 Å². The summed E-state index contributed by atoms with van der Waals surface area (Å²) in [6.07, 6.45) is 0. The molecule has 1 N–H and O–H groups in total. The van der Waals surface area contributed by atoms with E-state index in [0.717, 1.165) is 11.1 Å². The van der Waals surface area contributed by atoms with Crippen molar-refractivity contribution in [1.82, 2.24) is 4.98 Å². The number of benzene rings is 3. The average Bonchev–Trinajstić information content (AvgIpc) is 2.76. The van der Waals surface area contributed by atoms with Gasteiger partial charge in [-0.1, -0.05) is 24.3 Å². The van der Waals surface area contributed by atoms with Crippen LogP contribution >= 0.6 is 0 Å². The summed E-state index contributed by atoms with van der Waals surface area (Å²) in [6.45, 7) is 3.46. The first-order valence-corrected chi connectivity index (χ1v) is 10.1. The smallest absolute Gasteiger partial charge is 0.339 e. The molecule has 0 radical (unpaired) electrons. The molecule has 0 bridgehead atoms. The number of amides is 1. The quantitative estimate of drug-likeness (QED) is 0.429. The third-order valence-corrected chi connectivity index (χ3v) is 4.92. The summed E-state index contributed by atoms with van der Waals surface area (Å²) in [5.41, 5.74) is 4.75. The molecule has 0 aliphatic carbocycles. The number of fused-ring (bicyclic) bond motifs is 1.